The summed E-state index contributed by atoms with van der Waals surface area (Å²) in [5, 5.41) is 0. The van der Waals surface area contributed by atoms with Gasteiger partial charge in [-0.15, -0.1) is 0 Å². The number of aromatic nitrogens is 1. The first-order chi connectivity index (χ1) is 5.00. The predicted octanol–water partition coefficient (Wildman–Crippen LogP) is 0.359. The molecular weight excluding hydrogens is 154 g/mol. The molecule has 0 aliphatic carbocycles. The Kier molecular flexibility index (Phi) is 1.89. The minimum absolute atomic E-state index is 0.562. The zero-order valence-electron chi connectivity index (χ0n) is 5.81. The fourth-order valence-corrected chi connectivity index (χ4v) is 0.691. The summed E-state index contributed by atoms with van der Waals surface area (Å²) in [5.41, 5.74) is -0.273. The first-order valence-electron chi connectivity index (χ1n) is 3.00. The van der Waals surface area contributed by atoms with Crippen molar-refractivity contribution in [3.05, 3.63) is 24.0 Å². The molecule has 0 fully saturated rings. The number of alkyl halides is 3. The average Bonchev–Trinajstić information content (AvgIpc) is 1.86. The number of hydrogen-bond donors (Lipinski definition) is 0. The third-order valence-corrected chi connectivity index (χ3v) is 1.21. The molecule has 0 spiro atoms. The van der Waals surface area contributed by atoms with Crippen LogP contribution in [0.25, 0.3) is 0 Å². The van der Waals surface area contributed by atoms with Crippen molar-refractivity contribution in [2.24, 2.45) is 0 Å². The molecule has 5 heteroatoms. The Balaban J connectivity index is 3.06. The zero-order valence-corrected chi connectivity index (χ0v) is 5.81. The second-order valence-electron chi connectivity index (χ2n) is 2.22. The second kappa shape index (κ2) is 2.56. The van der Waals surface area contributed by atoms with Gasteiger partial charge in [-0.2, -0.15) is 13.2 Å². The molecule has 1 nitrogen and oxygen atoms in total. The summed E-state index contributed by atoms with van der Waals surface area (Å²) in [7, 11) is 1.59. The van der Waals surface area contributed by atoms with E-state index in [0.29, 0.717) is 5.46 Å². The van der Waals surface area contributed by atoms with Crippen LogP contribution in [0.1, 0.15) is 5.69 Å². The lowest BCUT2D eigenvalue weighted by atomic mass is 9.97. The molecule has 1 rings (SSSR count). The van der Waals surface area contributed by atoms with Crippen LogP contribution in [0, 0.1) is 0 Å². The van der Waals surface area contributed by atoms with E-state index in [0.717, 1.165) is 12.3 Å². The minimum Gasteiger partial charge on any atom is -0.252 e. The summed E-state index contributed by atoms with van der Waals surface area (Å²) in [5.74, 6) is 0. The van der Waals surface area contributed by atoms with Crippen LogP contribution in [-0.4, -0.2) is 12.8 Å². The molecule has 0 unspecified atom stereocenters. The van der Waals surface area contributed by atoms with E-state index in [1.807, 2.05) is 0 Å². The van der Waals surface area contributed by atoms with Gasteiger partial charge in [0, 0.05) is 6.20 Å². The Labute approximate surface area is 62.7 Å². The highest BCUT2D eigenvalue weighted by Crippen LogP contribution is 2.25. The van der Waals surface area contributed by atoms with Crippen LogP contribution in [0.2, 0.25) is 0 Å². The minimum atomic E-state index is -4.33. The van der Waals surface area contributed by atoms with Gasteiger partial charge in [-0.25, -0.2) is 0 Å². The third kappa shape index (κ3) is 1.96. The third-order valence-electron chi connectivity index (χ3n) is 1.21. The van der Waals surface area contributed by atoms with Crippen molar-refractivity contribution < 1.29 is 13.2 Å². The van der Waals surface area contributed by atoms with Crippen molar-refractivity contribution in [1.29, 1.82) is 0 Å². The topological polar surface area (TPSA) is 12.9 Å². The molecule has 0 aliphatic rings. The van der Waals surface area contributed by atoms with E-state index in [1.54, 1.807) is 7.85 Å². The molecule has 0 N–H and O–H groups in total. The number of hydrogen-bond acceptors (Lipinski definition) is 1. The van der Waals surface area contributed by atoms with E-state index in [-0.39, 0.29) is 0 Å². The lowest BCUT2D eigenvalue weighted by Gasteiger charge is -2.04. The van der Waals surface area contributed by atoms with E-state index in [9.17, 15) is 13.2 Å². The van der Waals surface area contributed by atoms with Crippen molar-refractivity contribution in [2.75, 3.05) is 0 Å². The molecule has 0 saturated heterocycles. The molecule has 0 aliphatic heterocycles. The summed E-state index contributed by atoms with van der Waals surface area (Å²) in [6, 6.07) is 2.54. The van der Waals surface area contributed by atoms with Gasteiger partial charge in [0.15, 0.2) is 0 Å². The molecule has 0 bridgehead atoms. The van der Waals surface area contributed by atoms with Crippen LogP contribution in [0.5, 0.6) is 0 Å². The van der Waals surface area contributed by atoms with Crippen LogP contribution >= 0.6 is 0 Å². The molecule has 1 aromatic heterocycles. The SMILES string of the molecule is Bc1ccnc(C(F)(F)F)c1. The normalized spacial score (nSPS) is 11.5. The number of rotatable bonds is 0. The number of pyridine rings is 1. The summed E-state index contributed by atoms with van der Waals surface area (Å²) in [4.78, 5) is 3.19. The molecule has 1 aromatic rings. The highest BCUT2D eigenvalue weighted by Gasteiger charge is 2.31. The summed E-state index contributed by atoms with van der Waals surface area (Å²) < 4.78 is 35.7. The first kappa shape index (κ1) is 8.10. The van der Waals surface area contributed by atoms with Gasteiger partial charge in [-0.05, 0) is 6.07 Å². The van der Waals surface area contributed by atoms with Crippen molar-refractivity contribution in [2.45, 2.75) is 6.18 Å². The summed E-state index contributed by atoms with van der Waals surface area (Å²) in [6.07, 6.45) is -3.18. The van der Waals surface area contributed by atoms with Crippen LogP contribution < -0.4 is 5.46 Å². The highest BCUT2D eigenvalue weighted by atomic mass is 19.4. The van der Waals surface area contributed by atoms with Gasteiger partial charge in [0.05, 0.1) is 0 Å². The second-order valence-corrected chi connectivity index (χ2v) is 2.22. The maximum absolute atomic E-state index is 11.9. The average molecular weight is 159 g/mol. The molecule has 0 amide bonds. The number of halogens is 3. The zero-order chi connectivity index (χ0) is 8.48. The van der Waals surface area contributed by atoms with Crippen LogP contribution in [0.4, 0.5) is 13.2 Å². The van der Waals surface area contributed by atoms with Gasteiger partial charge < -0.3 is 0 Å². The molecule has 0 atom stereocenters. The smallest absolute Gasteiger partial charge is 0.252 e. The van der Waals surface area contributed by atoms with Crippen LogP contribution in [0.3, 0.4) is 0 Å². The van der Waals surface area contributed by atoms with Crippen molar-refractivity contribution in [1.82, 2.24) is 4.98 Å². The van der Waals surface area contributed by atoms with Crippen molar-refractivity contribution >= 4 is 13.3 Å². The van der Waals surface area contributed by atoms with Crippen molar-refractivity contribution in [3.63, 3.8) is 0 Å². The molecule has 0 aromatic carbocycles. The number of nitrogens with zero attached hydrogens (tertiary/aromatic N) is 1. The Bertz CT molecular complexity index is 258. The highest BCUT2D eigenvalue weighted by molar-refractivity contribution is 6.32. The summed E-state index contributed by atoms with van der Waals surface area (Å²) >= 11 is 0. The Morgan fingerprint density at radius 2 is 2.00 bits per heavy atom. The van der Waals surface area contributed by atoms with Crippen LogP contribution in [0.15, 0.2) is 18.3 Å². The summed E-state index contributed by atoms with van der Waals surface area (Å²) in [6.45, 7) is 0. The molecule has 58 valence electrons. The molecule has 0 saturated carbocycles. The molecule has 1 heterocycles. The van der Waals surface area contributed by atoms with Crippen LogP contribution in [-0.2, 0) is 6.18 Å². The molecule has 11 heavy (non-hydrogen) atoms. The lowest BCUT2D eigenvalue weighted by Crippen LogP contribution is -2.13. The Hall–Kier alpha value is -0.995. The predicted molar refractivity (Wildman–Crippen MR) is 37.4 cm³/mol. The molecule has 0 radical (unpaired) electrons. The van der Waals surface area contributed by atoms with Gasteiger partial charge in [-0.1, -0.05) is 11.5 Å². The maximum Gasteiger partial charge on any atom is 0.433 e. The first-order valence-corrected chi connectivity index (χ1v) is 3.00. The fraction of sp³-hybridized carbons (Fsp3) is 0.167. The van der Waals surface area contributed by atoms with E-state index < -0.39 is 11.9 Å². The van der Waals surface area contributed by atoms with Gasteiger partial charge in [-0.3, -0.25) is 4.98 Å². The van der Waals surface area contributed by atoms with Gasteiger partial charge in [0.1, 0.15) is 13.5 Å². The Morgan fingerprint density at radius 3 is 2.36 bits per heavy atom. The van der Waals surface area contributed by atoms with E-state index in [4.69, 9.17) is 0 Å². The van der Waals surface area contributed by atoms with E-state index in [2.05, 4.69) is 4.98 Å². The van der Waals surface area contributed by atoms with Gasteiger partial charge in [0.2, 0.25) is 0 Å². The van der Waals surface area contributed by atoms with Gasteiger partial charge in [0.25, 0.3) is 0 Å². The monoisotopic (exact) mass is 159 g/mol. The lowest BCUT2D eigenvalue weighted by molar-refractivity contribution is -0.141. The maximum atomic E-state index is 11.9. The Morgan fingerprint density at radius 1 is 1.36 bits per heavy atom. The standard InChI is InChI=1S/C6H5BF3N/c7-4-1-2-11-5(3-4)6(8,9)10/h1-3H,7H2. The van der Waals surface area contributed by atoms with E-state index >= 15 is 0 Å². The quantitative estimate of drug-likeness (QED) is 0.498. The fourth-order valence-electron chi connectivity index (χ4n) is 0.691. The van der Waals surface area contributed by atoms with Gasteiger partial charge >= 0.3 is 6.18 Å². The largest absolute Gasteiger partial charge is 0.433 e. The molecular formula is C6H5BF3N. The van der Waals surface area contributed by atoms with E-state index in [1.165, 1.54) is 6.07 Å². The van der Waals surface area contributed by atoms with Crippen molar-refractivity contribution in [3.8, 4) is 0 Å².